The van der Waals surface area contributed by atoms with E-state index in [1.807, 2.05) is 37.4 Å². The van der Waals surface area contributed by atoms with Crippen LogP contribution in [0, 0.1) is 0 Å². The number of benzene rings is 2. The van der Waals surface area contributed by atoms with Gasteiger partial charge in [-0.25, -0.2) is 4.98 Å². The molecule has 0 bridgehead atoms. The van der Waals surface area contributed by atoms with Gasteiger partial charge in [0.2, 0.25) is 0 Å². The van der Waals surface area contributed by atoms with Crippen LogP contribution in [0.3, 0.4) is 0 Å². The minimum absolute atomic E-state index is 0.0316. The third-order valence-corrected chi connectivity index (χ3v) is 4.52. The Morgan fingerprint density at radius 1 is 1.04 bits per heavy atom. The summed E-state index contributed by atoms with van der Waals surface area (Å²) in [6, 6.07) is 18.6. The highest BCUT2D eigenvalue weighted by atomic mass is 15.0. The summed E-state index contributed by atoms with van der Waals surface area (Å²) in [5.41, 5.74) is 5.40. The molecule has 0 aliphatic carbocycles. The molecule has 0 unspecified atom stereocenters. The molecule has 0 radical (unpaired) electrons. The molecule has 0 spiro atoms. The van der Waals surface area contributed by atoms with Crippen LogP contribution in [0.4, 0.5) is 0 Å². The van der Waals surface area contributed by atoms with E-state index < -0.39 is 0 Å². The van der Waals surface area contributed by atoms with Gasteiger partial charge in [-0.05, 0) is 18.6 Å². The first kappa shape index (κ1) is 16.2. The Morgan fingerprint density at radius 3 is 2.62 bits per heavy atom. The summed E-state index contributed by atoms with van der Waals surface area (Å²) in [5, 5.41) is 4.71. The Labute approximate surface area is 153 Å². The van der Waals surface area contributed by atoms with Crippen molar-refractivity contribution in [3.8, 4) is 11.3 Å². The van der Waals surface area contributed by atoms with Crippen LogP contribution in [0.2, 0.25) is 0 Å². The molecule has 130 valence electrons. The van der Waals surface area contributed by atoms with Crippen molar-refractivity contribution in [3.63, 3.8) is 0 Å². The van der Waals surface area contributed by atoms with Crippen molar-refractivity contribution in [2.75, 3.05) is 0 Å². The number of para-hydroxylation sites is 1. The predicted molar refractivity (Wildman–Crippen MR) is 107 cm³/mol. The summed E-state index contributed by atoms with van der Waals surface area (Å²) < 4.78 is 0. The predicted octanol–water partition coefficient (Wildman–Crippen LogP) is 4.97. The third kappa shape index (κ3) is 3.26. The average molecular weight is 342 g/mol. The van der Waals surface area contributed by atoms with Gasteiger partial charge < -0.3 is 15.3 Å². The number of rotatable bonds is 6. The number of hydrogen-bond acceptors (Lipinski definition) is 2. The van der Waals surface area contributed by atoms with Gasteiger partial charge in [-0.2, -0.15) is 0 Å². The van der Waals surface area contributed by atoms with Crippen LogP contribution in [0.5, 0.6) is 0 Å². The second-order valence-electron chi connectivity index (χ2n) is 6.58. The minimum Gasteiger partial charge on any atom is -0.379 e. The van der Waals surface area contributed by atoms with Crippen LogP contribution < -0.4 is 5.32 Å². The number of imidazole rings is 1. The molecule has 0 saturated carbocycles. The smallest absolute Gasteiger partial charge is 0.129 e. The van der Waals surface area contributed by atoms with E-state index in [0.29, 0.717) is 0 Å². The molecule has 4 aromatic rings. The van der Waals surface area contributed by atoms with Crippen molar-refractivity contribution in [3.05, 3.63) is 90.7 Å². The molecular weight excluding hydrogens is 320 g/mol. The van der Waals surface area contributed by atoms with Gasteiger partial charge in [0, 0.05) is 41.0 Å². The van der Waals surface area contributed by atoms with E-state index in [9.17, 15) is 0 Å². The first-order valence-electron chi connectivity index (χ1n) is 8.78. The van der Waals surface area contributed by atoms with Crippen molar-refractivity contribution < 1.29 is 0 Å². The first-order chi connectivity index (χ1) is 12.7. The summed E-state index contributed by atoms with van der Waals surface area (Å²) in [5.74, 6) is 0.914. The largest absolute Gasteiger partial charge is 0.379 e. The Kier molecular flexibility index (Phi) is 4.32. The third-order valence-electron chi connectivity index (χ3n) is 4.52. The quantitative estimate of drug-likeness (QED) is 0.463. The lowest BCUT2D eigenvalue weighted by Gasteiger charge is -2.17. The molecule has 4 nitrogen and oxygen atoms in total. The number of nitrogens with one attached hydrogen (secondary N) is 3. The highest BCUT2D eigenvalue weighted by Crippen LogP contribution is 2.25. The molecule has 4 rings (SSSR count). The zero-order valence-electron chi connectivity index (χ0n) is 14.8. The maximum absolute atomic E-state index is 4.83. The van der Waals surface area contributed by atoms with Gasteiger partial charge >= 0.3 is 0 Å². The molecule has 2 aromatic heterocycles. The molecule has 0 fully saturated rings. The number of hydrogen-bond donors (Lipinski definition) is 3. The highest BCUT2D eigenvalue weighted by Gasteiger charge is 2.18. The normalized spacial score (nSPS) is 12.2. The molecule has 1 atom stereocenters. The van der Waals surface area contributed by atoms with E-state index in [-0.39, 0.29) is 6.04 Å². The second-order valence-corrected chi connectivity index (χ2v) is 6.58. The molecule has 2 heterocycles. The molecule has 0 amide bonds. The molecule has 0 aliphatic heterocycles. The van der Waals surface area contributed by atoms with Crippen LogP contribution in [0.15, 0.2) is 79.3 Å². The number of aromatic nitrogens is 3. The molecule has 0 saturated heterocycles. The van der Waals surface area contributed by atoms with E-state index >= 15 is 0 Å². The molecular formula is C22H22N4. The zero-order valence-corrected chi connectivity index (χ0v) is 14.8. The van der Waals surface area contributed by atoms with Crippen LogP contribution in [0.25, 0.3) is 22.2 Å². The first-order valence-corrected chi connectivity index (χ1v) is 8.78. The number of fused-ring (bicyclic) bond motifs is 1. The fourth-order valence-electron chi connectivity index (χ4n) is 3.31. The summed E-state index contributed by atoms with van der Waals surface area (Å²) in [7, 11) is 0. The number of H-pyrrole nitrogens is 2. The van der Waals surface area contributed by atoms with Crippen LogP contribution >= 0.6 is 0 Å². The number of nitrogens with zero attached hydrogens (tertiary/aromatic N) is 1. The van der Waals surface area contributed by atoms with Crippen LogP contribution in [0.1, 0.15) is 24.4 Å². The summed E-state index contributed by atoms with van der Waals surface area (Å²) >= 11 is 0. The monoisotopic (exact) mass is 342 g/mol. The van der Waals surface area contributed by atoms with Gasteiger partial charge in [0.15, 0.2) is 0 Å². The van der Waals surface area contributed by atoms with Crippen LogP contribution in [-0.4, -0.2) is 15.0 Å². The van der Waals surface area contributed by atoms with Crippen LogP contribution in [-0.2, 0) is 6.42 Å². The Bertz CT molecular complexity index is 1030. The van der Waals surface area contributed by atoms with Gasteiger partial charge in [0.05, 0.1) is 11.7 Å². The van der Waals surface area contributed by atoms with E-state index in [1.165, 1.54) is 10.9 Å². The maximum atomic E-state index is 4.83. The molecule has 2 aromatic carbocycles. The number of allylic oxidation sites excluding steroid dienone is 1. The minimum atomic E-state index is 0.0316. The molecule has 0 aliphatic rings. The molecule has 26 heavy (non-hydrogen) atoms. The fourth-order valence-corrected chi connectivity index (χ4v) is 3.31. The zero-order chi connectivity index (χ0) is 17.9. The number of aromatic amines is 2. The average Bonchev–Trinajstić information content (AvgIpc) is 3.29. The summed E-state index contributed by atoms with van der Waals surface area (Å²) in [6.07, 6.45) is 4.87. The van der Waals surface area contributed by atoms with Gasteiger partial charge in [-0.15, -0.1) is 0 Å². The lowest BCUT2D eigenvalue weighted by molar-refractivity contribution is 0.569. The Hall–Kier alpha value is -3.27. The standard InChI is InChI=1S/C22H22N4/c1-15(2)25-20(12-17-13-23-19-11-7-6-10-18(17)19)22-24-14-21(26-22)16-8-4-3-5-9-16/h3-11,13-14,20,23,25H,1,12H2,2H3,(H,24,26)/t20-/m1/s1. The molecule has 3 N–H and O–H groups in total. The summed E-state index contributed by atoms with van der Waals surface area (Å²) in [6.45, 7) is 5.99. The SMILES string of the molecule is C=C(C)N[C@H](Cc1c[nH]c2ccccc12)c1nc(-c2ccccc2)c[nH]1. The summed E-state index contributed by atoms with van der Waals surface area (Å²) in [4.78, 5) is 11.5. The van der Waals surface area contributed by atoms with Gasteiger partial charge in [-0.3, -0.25) is 0 Å². The van der Waals surface area contributed by atoms with E-state index in [0.717, 1.165) is 34.7 Å². The van der Waals surface area contributed by atoms with Crippen molar-refractivity contribution in [2.24, 2.45) is 0 Å². The molecule has 4 heteroatoms. The Morgan fingerprint density at radius 2 is 1.81 bits per heavy atom. The Balaban J connectivity index is 1.65. The van der Waals surface area contributed by atoms with Gasteiger partial charge in [-0.1, -0.05) is 55.1 Å². The van der Waals surface area contributed by atoms with Crippen molar-refractivity contribution in [1.82, 2.24) is 20.3 Å². The fraction of sp³-hybridized carbons (Fsp3) is 0.136. The topological polar surface area (TPSA) is 56.5 Å². The highest BCUT2D eigenvalue weighted by molar-refractivity contribution is 5.83. The second kappa shape index (κ2) is 6.92. The van der Waals surface area contributed by atoms with E-state index in [4.69, 9.17) is 4.98 Å². The van der Waals surface area contributed by atoms with E-state index in [2.05, 4.69) is 58.4 Å². The van der Waals surface area contributed by atoms with Gasteiger partial charge in [0.1, 0.15) is 5.82 Å². The van der Waals surface area contributed by atoms with Crippen molar-refractivity contribution >= 4 is 10.9 Å². The van der Waals surface area contributed by atoms with Gasteiger partial charge in [0.25, 0.3) is 0 Å². The van der Waals surface area contributed by atoms with Crippen molar-refractivity contribution in [1.29, 1.82) is 0 Å². The van der Waals surface area contributed by atoms with E-state index in [1.54, 1.807) is 0 Å². The lowest BCUT2D eigenvalue weighted by Crippen LogP contribution is -2.22. The lowest BCUT2D eigenvalue weighted by atomic mass is 10.0. The maximum Gasteiger partial charge on any atom is 0.129 e. The van der Waals surface area contributed by atoms with Crippen molar-refractivity contribution in [2.45, 2.75) is 19.4 Å².